The Morgan fingerprint density at radius 2 is 1.94 bits per heavy atom. The molecule has 1 aliphatic heterocycles. The highest BCUT2D eigenvalue weighted by Crippen LogP contribution is 2.43. The molecule has 0 amide bonds. The number of carbonyl (C=O) groups is 1. The zero-order valence-electron chi connectivity index (χ0n) is 19.7. The van der Waals surface area contributed by atoms with Crippen LogP contribution in [0.3, 0.4) is 0 Å². The molecule has 0 spiro atoms. The third-order valence-electron chi connectivity index (χ3n) is 7.70. The first-order valence-corrected chi connectivity index (χ1v) is 12.8. The predicted octanol–water partition coefficient (Wildman–Crippen LogP) is 6.89. The summed E-state index contributed by atoms with van der Waals surface area (Å²) >= 11 is 6.74. The lowest BCUT2D eigenvalue weighted by Crippen LogP contribution is -2.06. The van der Waals surface area contributed by atoms with Crippen LogP contribution in [0.2, 0.25) is 5.02 Å². The largest absolute Gasteiger partial charge is 0.481 e. The lowest BCUT2D eigenvalue weighted by molar-refractivity contribution is -0.137. The molecule has 7 nitrogen and oxygen atoms in total. The molecule has 0 bridgehead atoms. The van der Waals surface area contributed by atoms with Crippen molar-refractivity contribution in [3.63, 3.8) is 0 Å². The van der Waals surface area contributed by atoms with E-state index in [2.05, 4.69) is 20.8 Å². The number of hydrogen-bond donors (Lipinski definition) is 1. The smallest absolute Gasteiger partial charge is 0.304 e. The fourth-order valence-corrected chi connectivity index (χ4v) is 6.37. The van der Waals surface area contributed by atoms with Crippen LogP contribution >= 0.6 is 11.6 Å². The van der Waals surface area contributed by atoms with E-state index in [1.54, 1.807) is 0 Å². The van der Waals surface area contributed by atoms with E-state index < -0.39 is 5.97 Å². The van der Waals surface area contributed by atoms with Gasteiger partial charge in [-0.25, -0.2) is 0 Å². The number of rotatable bonds is 5. The summed E-state index contributed by atoms with van der Waals surface area (Å²) in [6.07, 6.45) is 6.80. The van der Waals surface area contributed by atoms with Gasteiger partial charge in [-0.3, -0.25) is 4.79 Å². The Bertz CT molecular complexity index is 1520. The van der Waals surface area contributed by atoms with Crippen LogP contribution in [-0.4, -0.2) is 25.8 Å². The monoisotopic (exact) mass is 500 g/mol. The number of aromatic nitrogens is 3. The Morgan fingerprint density at radius 3 is 2.72 bits per heavy atom. The summed E-state index contributed by atoms with van der Waals surface area (Å²) in [6.45, 7) is 0.750. The quantitative estimate of drug-likeness (QED) is 0.319. The van der Waals surface area contributed by atoms with Crippen molar-refractivity contribution in [2.75, 3.05) is 0 Å². The molecule has 4 aromatic rings. The van der Waals surface area contributed by atoms with Gasteiger partial charge in [0.2, 0.25) is 5.82 Å². The van der Waals surface area contributed by atoms with Gasteiger partial charge in [0.1, 0.15) is 0 Å². The van der Waals surface area contributed by atoms with E-state index in [0.717, 1.165) is 59.1 Å². The maximum atomic E-state index is 11.3. The van der Waals surface area contributed by atoms with Crippen LogP contribution in [0, 0.1) is 11.3 Å². The number of aryl methyl sites for hydroxylation is 1. The second kappa shape index (κ2) is 9.11. The van der Waals surface area contributed by atoms with E-state index >= 15 is 0 Å². The number of fused-ring (bicyclic) bond motifs is 3. The van der Waals surface area contributed by atoms with Gasteiger partial charge in [0.05, 0.1) is 23.1 Å². The molecule has 6 rings (SSSR count). The van der Waals surface area contributed by atoms with Gasteiger partial charge in [0.25, 0.3) is 5.89 Å². The minimum Gasteiger partial charge on any atom is -0.481 e. The number of hydrogen-bond acceptors (Lipinski definition) is 5. The van der Waals surface area contributed by atoms with Crippen molar-refractivity contribution in [1.29, 1.82) is 5.26 Å². The topological polar surface area (TPSA) is 105 Å². The number of carboxylic acid groups (broad SMARTS) is 1. The van der Waals surface area contributed by atoms with Crippen molar-refractivity contribution >= 4 is 28.5 Å². The molecule has 182 valence electrons. The molecule has 0 unspecified atom stereocenters. The molecule has 0 saturated heterocycles. The minimum atomic E-state index is -0.818. The number of aliphatic carboxylic acids is 1. The van der Waals surface area contributed by atoms with Crippen LogP contribution in [0.25, 0.3) is 33.7 Å². The van der Waals surface area contributed by atoms with Gasteiger partial charge in [-0.2, -0.15) is 10.2 Å². The standard InChI is InChI=1S/C28H25ClN4O3/c29-25-22-13-18(7-9-23(22)33-11-10-17(26(25)33)14-24(34)35)27-31-28(36-32-27)19-6-8-21(20(12-19)15-30)16-4-2-1-3-5-16/h6-9,12-13,16-17H,1-5,10-11,14H2,(H,34,35)/t17-/m1/s1. The first kappa shape index (κ1) is 22.8. The Labute approximate surface area is 213 Å². The first-order valence-electron chi connectivity index (χ1n) is 12.5. The van der Waals surface area contributed by atoms with E-state index in [0.29, 0.717) is 28.2 Å². The Hall–Kier alpha value is -3.63. The molecule has 8 heteroatoms. The molecule has 3 heterocycles. The third-order valence-corrected chi connectivity index (χ3v) is 8.10. The van der Waals surface area contributed by atoms with Crippen molar-refractivity contribution in [2.24, 2.45) is 0 Å². The lowest BCUT2D eigenvalue weighted by atomic mass is 9.82. The number of nitriles is 1. The van der Waals surface area contributed by atoms with Crippen LogP contribution in [-0.2, 0) is 11.3 Å². The summed E-state index contributed by atoms with van der Waals surface area (Å²) < 4.78 is 7.70. The summed E-state index contributed by atoms with van der Waals surface area (Å²) in [6, 6.07) is 14.0. The maximum absolute atomic E-state index is 11.3. The molecular weight excluding hydrogens is 476 g/mol. The molecule has 2 aromatic heterocycles. The Morgan fingerprint density at radius 1 is 1.14 bits per heavy atom. The van der Waals surface area contributed by atoms with Crippen molar-refractivity contribution in [2.45, 2.75) is 63.3 Å². The molecular formula is C28H25ClN4O3. The second-order valence-electron chi connectivity index (χ2n) is 9.84. The summed E-state index contributed by atoms with van der Waals surface area (Å²) in [7, 11) is 0. The van der Waals surface area contributed by atoms with E-state index in [1.165, 1.54) is 19.3 Å². The molecule has 1 fully saturated rings. The van der Waals surface area contributed by atoms with Gasteiger partial charge in [-0.05, 0) is 61.1 Å². The van der Waals surface area contributed by atoms with Gasteiger partial charge in [-0.15, -0.1) is 0 Å². The lowest BCUT2D eigenvalue weighted by Gasteiger charge is -2.22. The summed E-state index contributed by atoms with van der Waals surface area (Å²) in [5.74, 6) is 0.334. The van der Waals surface area contributed by atoms with Crippen LogP contribution < -0.4 is 0 Å². The highest BCUT2D eigenvalue weighted by molar-refractivity contribution is 6.36. The average Bonchev–Trinajstić information content (AvgIpc) is 3.61. The zero-order chi connectivity index (χ0) is 24.8. The van der Waals surface area contributed by atoms with Gasteiger partial charge in [-0.1, -0.05) is 42.1 Å². The third kappa shape index (κ3) is 3.86. The molecule has 2 aromatic carbocycles. The van der Waals surface area contributed by atoms with Gasteiger partial charge >= 0.3 is 5.97 Å². The minimum absolute atomic E-state index is 0.0708. The Balaban J connectivity index is 1.32. The summed E-state index contributed by atoms with van der Waals surface area (Å²) in [5, 5.41) is 24.7. The van der Waals surface area contributed by atoms with E-state index in [4.69, 9.17) is 16.1 Å². The summed E-state index contributed by atoms with van der Waals surface area (Å²) in [5.41, 5.74) is 5.14. The molecule has 0 radical (unpaired) electrons. The highest BCUT2D eigenvalue weighted by atomic mass is 35.5. The van der Waals surface area contributed by atoms with Crippen LogP contribution in [0.15, 0.2) is 40.9 Å². The molecule has 1 saturated carbocycles. The number of carboxylic acids is 1. The Kier molecular flexibility index (Phi) is 5.77. The van der Waals surface area contributed by atoms with Crippen LogP contribution in [0.5, 0.6) is 0 Å². The van der Waals surface area contributed by atoms with E-state index in [-0.39, 0.29) is 12.3 Å². The van der Waals surface area contributed by atoms with Gasteiger partial charge < -0.3 is 14.2 Å². The van der Waals surface area contributed by atoms with Crippen molar-refractivity contribution < 1.29 is 14.4 Å². The molecule has 1 N–H and O–H groups in total. The van der Waals surface area contributed by atoms with Crippen LogP contribution in [0.1, 0.15) is 73.6 Å². The number of nitrogens with zero attached hydrogens (tertiary/aromatic N) is 4. The number of halogens is 1. The molecule has 1 aliphatic carbocycles. The van der Waals surface area contributed by atoms with Gasteiger partial charge in [0, 0.05) is 40.2 Å². The first-order chi connectivity index (χ1) is 17.5. The second-order valence-corrected chi connectivity index (χ2v) is 10.2. The summed E-state index contributed by atoms with van der Waals surface area (Å²) in [4.78, 5) is 15.9. The highest BCUT2D eigenvalue weighted by Gasteiger charge is 2.30. The van der Waals surface area contributed by atoms with Crippen molar-refractivity contribution in [3.8, 4) is 28.9 Å². The average molecular weight is 501 g/mol. The van der Waals surface area contributed by atoms with E-state index in [9.17, 15) is 15.2 Å². The normalized spacial score (nSPS) is 17.8. The molecule has 36 heavy (non-hydrogen) atoms. The van der Waals surface area contributed by atoms with Crippen LogP contribution in [0.4, 0.5) is 0 Å². The SMILES string of the molecule is N#Cc1cc(-c2nc(-c3ccc4c(c3)c(Cl)c3n4CC[C@@H]3CC(=O)O)no2)ccc1C1CCCCC1. The molecule has 1 atom stereocenters. The molecule has 2 aliphatic rings. The van der Waals surface area contributed by atoms with Gasteiger partial charge in [0.15, 0.2) is 0 Å². The van der Waals surface area contributed by atoms with Crippen molar-refractivity contribution in [3.05, 3.63) is 58.2 Å². The van der Waals surface area contributed by atoms with Crippen molar-refractivity contribution in [1.82, 2.24) is 14.7 Å². The predicted molar refractivity (Wildman–Crippen MR) is 136 cm³/mol. The van der Waals surface area contributed by atoms with E-state index in [1.807, 2.05) is 36.4 Å². The number of benzene rings is 2. The fourth-order valence-electron chi connectivity index (χ4n) is 5.96. The maximum Gasteiger partial charge on any atom is 0.304 e. The zero-order valence-corrected chi connectivity index (χ0v) is 20.5. The fraction of sp³-hybridized carbons (Fsp3) is 0.357.